The first kappa shape index (κ1) is 20.2. The number of imidazole rings is 1. The molecule has 0 saturated carbocycles. The summed E-state index contributed by atoms with van der Waals surface area (Å²) in [5, 5.41) is 2.96. The van der Waals surface area contributed by atoms with Crippen molar-refractivity contribution in [3.05, 3.63) is 72.4 Å². The number of ether oxygens (including phenoxy) is 1. The molecule has 1 fully saturated rings. The average molecular weight is 428 g/mol. The quantitative estimate of drug-likeness (QED) is 0.501. The first-order valence-electron chi connectivity index (χ1n) is 10.8. The molecule has 1 aliphatic heterocycles. The maximum atomic E-state index is 12.8. The fourth-order valence-electron chi connectivity index (χ4n) is 4.11. The standard InChI is InChI=1S/C25H25N5O2/c1-16-14-30(15-17(2)32-16)23-11-10-19(13-26-23)25(31)27-20-7-5-6-18(12-20)24-28-21-8-3-4-9-22(21)29-24/h3-13,16-17H,14-15H2,1-2H3,(H,27,31)(H,28,29). The van der Waals surface area contributed by atoms with Crippen LogP contribution in [0.1, 0.15) is 24.2 Å². The number of anilines is 2. The Morgan fingerprint density at radius 2 is 1.88 bits per heavy atom. The lowest BCUT2D eigenvalue weighted by atomic mass is 10.1. The topological polar surface area (TPSA) is 83.1 Å². The molecule has 1 saturated heterocycles. The van der Waals surface area contributed by atoms with Gasteiger partial charge in [-0.25, -0.2) is 9.97 Å². The van der Waals surface area contributed by atoms with Crippen LogP contribution in [0.4, 0.5) is 11.5 Å². The largest absolute Gasteiger partial charge is 0.372 e. The van der Waals surface area contributed by atoms with E-state index < -0.39 is 0 Å². The van der Waals surface area contributed by atoms with Gasteiger partial charge in [-0.2, -0.15) is 0 Å². The van der Waals surface area contributed by atoms with Gasteiger partial charge >= 0.3 is 0 Å². The molecule has 0 spiro atoms. The summed E-state index contributed by atoms with van der Waals surface area (Å²) >= 11 is 0. The van der Waals surface area contributed by atoms with Crippen molar-refractivity contribution in [1.82, 2.24) is 15.0 Å². The van der Waals surface area contributed by atoms with Crippen molar-refractivity contribution in [3.63, 3.8) is 0 Å². The van der Waals surface area contributed by atoms with Crippen molar-refractivity contribution in [3.8, 4) is 11.4 Å². The summed E-state index contributed by atoms with van der Waals surface area (Å²) in [6.45, 7) is 5.70. The second-order valence-corrected chi connectivity index (χ2v) is 8.20. The fraction of sp³-hybridized carbons (Fsp3) is 0.240. The molecule has 2 unspecified atom stereocenters. The van der Waals surface area contributed by atoms with Crippen LogP contribution in [0, 0.1) is 0 Å². The minimum absolute atomic E-state index is 0.155. The van der Waals surface area contributed by atoms with Crippen LogP contribution >= 0.6 is 0 Å². The van der Waals surface area contributed by atoms with Gasteiger partial charge in [0.25, 0.3) is 5.91 Å². The van der Waals surface area contributed by atoms with Gasteiger partial charge in [0.2, 0.25) is 0 Å². The summed E-state index contributed by atoms with van der Waals surface area (Å²) in [5.74, 6) is 1.42. The van der Waals surface area contributed by atoms with E-state index >= 15 is 0 Å². The molecule has 3 heterocycles. The van der Waals surface area contributed by atoms with Crippen LogP contribution in [-0.4, -0.2) is 46.2 Å². The Balaban J connectivity index is 1.30. The SMILES string of the molecule is CC1CN(c2ccc(C(=O)Nc3cccc(-c4nc5ccccc5[nH]4)c3)cn2)CC(C)O1. The van der Waals surface area contributed by atoms with Gasteiger partial charge in [0.15, 0.2) is 0 Å². The predicted octanol–water partition coefficient (Wildman–Crippen LogP) is 4.49. The molecule has 162 valence electrons. The van der Waals surface area contributed by atoms with Gasteiger partial charge in [-0.3, -0.25) is 4.79 Å². The van der Waals surface area contributed by atoms with E-state index in [0.29, 0.717) is 11.3 Å². The van der Waals surface area contributed by atoms with Crippen LogP contribution in [0.3, 0.4) is 0 Å². The van der Waals surface area contributed by atoms with E-state index in [1.54, 1.807) is 6.20 Å². The molecule has 1 aliphatic rings. The third-order valence-electron chi connectivity index (χ3n) is 5.54. The Morgan fingerprint density at radius 1 is 1.06 bits per heavy atom. The minimum Gasteiger partial charge on any atom is -0.372 e. The molecule has 5 rings (SSSR count). The number of H-pyrrole nitrogens is 1. The van der Waals surface area contributed by atoms with Crippen LogP contribution < -0.4 is 10.2 Å². The molecular weight excluding hydrogens is 402 g/mol. The molecule has 0 bridgehead atoms. The number of hydrogen-bond donors (Lipinski definition) is 2. The van der Waals surface area contributed by atoms with Crippen LogP contribution in [0.5, 0.6) is 0 Å². The zero-order chi connectivity index (χ0) is 22.1. The van der Waals surface area contributed by atoms with Crippen molar-refractivity contribution >= 4 is 28.4 Å². The molecular formula is C25H25N5O2. The third kappa shape index (κ3) is 4.20. The maximum absolute atomic E-state index is 12.8. The second kappa shape index (κ2) is 8.43. The molecule has 4 aromatic rings. The summed E-state index contributed by atoms with van der Waals surface area (Å²) in [5.41, 5.74) is 4.01. The summed E-state index contributed by atoms with van der Waals surface area (Å²) in [6, 6.07) is 19.2. The van der Waals surface area contributed by atoms with Gasteiger partial charge in [-0.1, -0.05) is 24.3 Å². The number of para-hydroxylation sites is 2. The molecule has 2 atom stereocenters. The third-order valence-corrected chi connectivity index (χ3v) is 5.54. The van der Waals surface area contributed by atoms with E-state index in [9.17, 15) is 4.79 Å². The Labute approximate surface area is 186 Å². The molecule has 1 amide bonds. The van der Waals surface area contributed by atoms with Crippen molar-refractivity contribution in [1.29, 1.82) is 0 Å². The Kier molecular flexibility index (Phi) is 5.33. The van der Waals surface area contributed by atoms with E-state index in [4.69, 9.17) is 4.74 Å². The first-order chi connectivity index (χ1) is 15.5. The van der Waals surface area contributed by atoms with Gasteiger partial charge in [-0.15, -0.1) is 0 Å². The number of nitrogens with one attached hydrogen (secondary N) is 2. The number of morpholine rings is 1. The molecule has 32 heavy (non-hydrogen) atoms. The number of hydrogen-bond acceptors (Lipinski definition) is 5. The lowest BCUT2D eigenvalue weighted by Gasteiger charge is -2.36. The van der Waals surface area contributed by atoms with Crippen LogP contribution in [0.2, 0.25) is 0 Å². The number of carbonyl (C=O) groups is 1. The Bertz CT molecular complexity index is 1210. The predicted molar refractivity (Wildman–Crippen MR) is 126 cm³/mol. The van der Waals surface area contributed by atoms with Gasteiger partial charge < -0.3 is 19.9 Å². The zero-order valence-corrected chi connectivity index (χ0v) is 18.1. The zero-order valence-electron chi connectivity index (χ0n) is 18.1. The number of carbonyl (C=O) groups excluding carboxylic acids is 1. The van der Waals surface area contributed by atoms with Crippen LogP contribution in [0.25, 0.3) is 22.4 Å². The number of fused-ring (bicyclic) bond motifs is 1. The number of benzene rings is 2. The molecule has 2 aromatic heterocycles. The lowest BCUT2D eigenvalue weighted by molar-refractivity contribution is -0.00546. The van der Waals surface area contributed by atoms with Gasteiger partial charge in [-0.05, 0) is 50.2 Å². The highest BCUT2D eigenvalue weighted by Crippen LogP contribution is 2.24. The number of nitrogens with zero attached hydrogens (tertiary/aromatic N) is 3. The monoisotopic (exact) mass is 427 g/mol. The van der Waals surface area contributed by atoms with Crippen LogP contribution in [0.15, 0.2) is 66.9 Å². The highest BCUT2D eigenvalue weighted by molar-refractivity contribution is 6.04. The number of amides is 1. The van der Waals surface area contributed by atoms with E-state index in [1.807, 2.05) is 60.7 Å². The van der Waals surface area contributed by atoms with E-state index in [0.717, 1.165) is 41.3 Å². The maximum Gasteiger partial charge on any atom is 0.257 e. The first-order valence-corrected chi connectivity index (χ1v) is 10.8. The van der Waals surface area contributed by atoms with Crippen molar-refractivity contribution in [2.45, 2.75) is 26.1 Å². The minimum atomic E-state index is -0.200. The van der Waals surface area contributed by atoms with Gasteiger partial charge in [0.1, 0.15) is 11.6 Å². The van der Waals surface area contributed by atoms with Crippen LogP contribution in [-0.2, 0) is 4.74 Å². The number of rotatable bonds is 4. The molecule has 2 aromatic carbocycles. The van der Waals surface area contributed by atoms with Gasteiger partial charge in [0.05, 0.1) is 28.8 Å². The highest BCUT2D eigenvalue weighted by Gasteiger charge is 2.23. The fourth-order valence-corrected chi connectivity index (χ4v) is 4.11. The van der Waals surface area contributed by atoms with E-state index in [-0.39, 0.29) is 18.1 Å². The molecule has 2 N–H and O–H groups in total. The Hall–Kier alpha value is -3.71. The van der Waals surface area contributed by atoms with E-state index in [2.05, 4.69) is 39.0 Å². The summed E-state index contributed by atoms with van der Waals surface area (Å²) < 4.78 is 5.78. The van der Waals surface area contributed by atoms with Crippen molar-refractivity contribution < 1.29 is 9.53 Å². The highest BCUT2D eigenvalue weighted by atomic mass is 16.5. The summed E-state index contributed by atoms with van der Waals surface area (Å²) in [4.78, 5) is 27.5. The number of pyridine rings is 1. The Morgan fingerprint density at radius 3 is 2.62 bits per heavy atom. The van der Waals surface area contributed by atoms with E-state index in [1.165, 1.54) is 0 Å². The van der Waals surface area contributed by atoms with Gasteiger partial charge in [0, 0.05) is 30.5 Å². The van der Waals surface area contributed by atoms with Crippen molar-refractivity contribution in [2.24, 2.45) is 0 Å². The van der Waals surface area contributed by atoms with Crippen molar-refractivity contribution in [2.75, 3.05) is 23.3 Å². The second-order valence-electron chi connectivity index (χ2n) is 8.20. The number of aromatic nitrogens is 3. The number of aromatic amines is 1. The normalized spacial score (nSPS) is 18.6. The molecule has 0 radical (unpaired) electrons. The average Bonchev–Trinajstić information content (AvgIpc) is 3.23. The summed E-state index contributed by atoms with van der Waals surface area (Å²) in [7, 11) is 0. The lowest BCUT2D eigenvalue weighted by Crippen LogP contribution is -2.45. The molecule has 7 heteroatoms. The molecule has 7 nitrogen and oxygen atoms in total. The summed E-state index contributed by atoms with van der Waals surface area (Å²) in [6.07, 6.45) is 1.93. The smallest absolute Gasteiger partial charge is 0.257 e. The molecule has 0 aliphatic carbocycles.